The summed E-state index contributed by atoms with van der Waals surface area (Å²) in [7, 11) is 0. The Kier molecular flexibility index (Phi) is 7.21. The van der Waals surface area contributed by atoms with E-state index in [1.807, 2.05) is 19.1 Å². The summed E-state index contributed by atoms with van der Waals surface area (Å²) in [6.07, 6.45) is 4.90. The molecule has 0 fully saturated rings. The number of hydrogen-bond donors (Lipinski definition) is 1. The molecule has 0 spiro atoms. The second-order valence-corrected chi connectivity index (χ2v) is 7.74. The molecule has 0 aliphatic carbocycles. The third kappa shape index (κ3) is 5.55. The van der Waals surface area contributed by atoms with Crippen molar-refractivity contribution in [2.24, 2.45) is 0 Å². The molecule has 0 saturated heterocycles. The summed E-state index contributed by atoms with van der Waals surface area (Å²) in [4.78, 5) is 36.6. The van der Waals surface area contributed by atoms with Crippen LogP contribution >= 0.6 is 0 Å². The number of anilines is 2. The van der Waals surface area contributed by atoms with Crippen LogP contribution < -0.4 is 10.2 Å². The van der Waals surface area contributed by atoms with E-state index < -0.39 is 29.5 Å². The van der Waals surface area contributed by atoms with Crippen molar-refractivity contribution >= 4 is 23.2 Å². The van der Waals surface area contributed by atoms with E-state index in [0.29, 0.717) is 16.9 Å². The number of nitrogens with zero attached hydrogens (tertiary/aromatic N) is 3. The standard InChI is InChI=1S/C27H22F2N4O2/c1-2-18-3-5-19(6-4-18)25(26(34)32-22-11-7-20(28)8-12-22)33(23-13-9-21(29)10-14-23)27(35)24-17-30-15-16-31-24/h3-17,25H,2H2,1H3,(H,32,34). The number of carbonyl (C=O) groups is 2. The van der Waals surface area contributed by atoms with E-state index in [4.69, 9.17) is 0 Å². The lowest BCUT2D eigenvalue weighted by atomic mass is 10.00. The Morgan fingerprint density at radius 3 is 2.09 bits per heavy atom. The van der Waals surface area contributed by atoms with Crippen LogP contribution in [0.2, 0.25) is 0 Å². The predicted molar refractivity (Wildman–Crippen MR) is 129 cm³/mol. The van der Waals surface area contributed by atoms with E-state index in [1.165, 1.54) is 72.0 Å². The van der Waals surface area contributed by atoms with Crippen molar-refractivity contribution in [2.45, 2.75) is 19.4 Å². The molecule has 6 nitrogen and oxygen atoms in total. The predicted octanol–water partition coefficient (Wildman–Crippen LogP) is 5.34. The topological polar surface area (TPSA) is 75.2 Å². The smallest absolute Gasteiger partial charge is 0.279 e. The summed E-state index contributed by atoms with van der Waals surface area (Å²) in [5.74, 6) is -2.06. The maximum absolute atomic E-state index is 13.7. The molecular formula is C27H22F2N4O2. The Labute approximate surface area is 201 Å². The number of aromatic nitrogens is 2. The van der Waals surface area contributed by atoms with Crippen molar-refractivity contribution in [3.05, 3.63) is 120 Å². The Balaban J connectivity index is 1.83. The van der Waals surface area contributed by atoms with E-state index >= 15 is 0 Å². The normalized spacial score (nSPS) is 11.5. The molecule has 176 valence electrons. The van der Waals surface area contributed by atoms with Crippen molar-refractivity contribution in [1.29, 1.82) is 0 Å². The molecule has 35 heavy (non-hydrogen) atoms. The zero-order chi connectivity index (χ0) is 24.8. The highest BCUT2D eigenvalue weighted by molar-refractivity contribution is 6.11. The van der Waals surface area contributed by atoms with Crippen LogP contribution in [0.4, 0.5) is 20.2 Å². The number of amides is 2. The summed E-state index contributed by atoms with van der Waals surface area (Å²) in [6, 6.07) is 16.7. The molecule has 1 heterocycles. The molecule has 0 aliphatic heterocycles. The maximum Gasteiger partial charge on any atom is 0.279 e. The highest BCUT2D eigenvalue weighted by atomic mass is 19.1. The molecule has 2 amide bonds. The van der Waals surface area contributed by atoms with Gasteiger partial charge in [-0.15, -0.1) is 0 Å². The van der Waals surface area contributed by atoms with E-state index in [2.05, 4.69) is 15.3 Å². The molecule has 1 atom stereocenters. The Bertz CT molecular complexity index is 1300. The molecule has 0 radical (unpaired) electrons. The van der Waals surface area contributed by atoms with Gasteiger partial charge in [-0.2, -0.15) is 0 Å². The SMILES string of the molecule is CCc1ccc(C(C(=O)Nc2ccc(F)cc2)N(C(=O)c2cnccn2)c2ccc(F)cc2)cc1. The van der Waals surface area contributed by atoms with Crippen LogP contribution in [-0.2, 0) is 11.2 Å². The summed E-state index contributed by atoms with van der Waals surface area (Å²) >= 11 is 0. The molecule has 0 saturated carbocycles. The largest absolute Gasteiger partial charge is 0.324 e. The third-order valence-electron chi connectivity index (χ3n) is 5.43. The minimum absolute atomic E-state index is 0.0154. The van der Waals surface area contributed by atoms with Gasteiger partial charge in [0.25, 0.3) is 11.8 Å². The summed E-state index contributed by atoms with van der Waals surface area (Å²) in [5, 5.41) is 2.75. The molecule has 3 aromatic carbocycles. The molecule has 4 rings (SSSR count). The molecule has 1 unspecified atom stereocenters. The maximum atomic E-state index is 13.7. The van der Waals surface area contributed by atoms with Gasteiger partial charge in [0.1, 0.15) is 23.4 Å². The molecule has 1 N–H and O–H groups in total. The van der Waals surface area contributed by atoms with Crippen molar-refractivity contribution in [1.82, 2.24) is 9.97 Å². The zero-order valence-corrected chi connectivity index (χ0v) is 18.9. The van der Waals surface area contributed by atoms with Gasteiger partial charge in [0.2, 0.25) is 0 Å². The lowest BCUT2D eigenvalue weighted by molar-refractivity contribution is -0.117. The van der Waals surface area contributed by atoms with Crippen molar-refractivity contribution in [3.63, 3.8) is 0 Å². The molecule has 0 aliphatic rings. The number of carbonyl (C=O) groups excluding carboxylic acids is 2. The first kappa shape index (κ1) is 23.7. The Hall–Kier alpha value is -4.46. The first-order valence-electron chi connectivity index (χ1n) is 11.0. The van der Waals surface area contributed by atoms with E-state index in [9.17, 15) is 18.4 Å². The molecule has 8 heteroatoms. The van der Waals surface area contributed by atoms with Gasteiger partial charge in [-0.25, -0.2) is 13.8 Å². The third-order valence-corrected chi connectivity index (χ3v) is 5.43. The molecule has 0 bridgehead atoms. The molecule has 4 aromatic rings. The Morgan fingerprint density at radius 2 is 1.51 bits per heavy atom. The van der Waals surface area contributed by atoms with Gasteiger partial charge in [0.15, 0.2) is 0 Å². The van der Waals surface area contributed by atoms with Crippen LogP contribution in [0.25, 0.3) is 0 Å². The minimum Gasteiger partial charge on any atom is -0.324 e. The molecular weight excluding hydrogens is 450 g/mol. The summed E-state index contributed by atoms with van der Waals surface area (Å²) in [6.45, 7) is 2.01. The van der Waals surface area contributed by atoms with E-state index in [1.54, 1.807) is 12.1 Å². The van der Waals surface area contributed by atoms with Gasteiger partial charge in [-0.05, 0) is 66.1 Å². The Morgan fingerprint density at radius 1 is 0.886 bits per heavy atom. The summed E-state index contributed by atoms with van der Waals surface area (Å²) < 4.78 is 27.1. The average molecular weight is 472 g/mol. The number of halogens is 2. The second-order valence-electron chi connectivity index (χ2n) is 7.74. The number of benzene rings is 3. The van der Waals surface area contributed by atoms with Gasteiger partial charge in [0.05, 0.1) is 6.20 Å². The van der Waals surface area contributed by atoms with E-state index in [0.717, 1.165) is 12.0 Å². The van der Waals surface area contributed by atoms with Crippen LogP contribution in [0, 0.1) is 11.6 Å². The van der Waals surface area contributed by atoms with Gasteiger partial charge in [-0.1, -0.05) is 31.2 Å². The quantitative estimate of drug-likeness (QED) is 0.394. The van der Waals surface area contributed by atoms with Gasteiger partial charge in [-0.3, -0.25) is 19.5 Å². The minimum atomic E-state index is -1.15. The van der Waals surface area contributed by atoms with Gasteiger partial charge in [0, 0.05) is 23.8 Å². The fourth-order valence-electron chi connectivity index (χ4n) is 3.62. The highest BCUT2D eigenvalue weighted by Gasteiger charge is 2.34. The van der Waals surface area contributed by atoms with E-state index in [-0.39, 0.29) is 5.69 Å². The van der Waals surface area contributed by atoms with Gasteiger partial charge < -0.3 is 5.32 Å². The van der Waals surface area contributed by atoms with Crippen molar-refractivity contribution in [3.8, 4) is 0 Å². The fourth-order valence-corrected chi connectivity index (χ4v) is 3.62. The second kappa shape index (κ2) is 10.6. The average Bonchev–Trinajstić information content (AvgIpc) is 2.89. The fraction of sp³-hybridized carbons (Fsp3) is 0.111. The number of nitrogens with one attached hydrogen (secondary N) is 1. The van der Waals surface area contributed by atoms with Crippen molar-refractivity contribution in [2.75, 3.05) is 10.2 Å². The number of rotatable bonds is 7. The summed E-state index contributed by atoms with van der Waals surface area (Å²) in [5.41, 5.74) is 2.25. The van der Waals surface area contributed by atoms with Crippen LogP contribution in [-0.4, -0.2) is 21.8 Å². The zero-order valence-electron chi connectivity index (χ0n) is 18.9. The number of aryl methyl sites for hydroxylation is 1. The number of hydrogen-bond acceptors (Lipinski definition) is 4. The van der Waals surface area contributed by atoms with Crippen LogP contribution in [0.15, 0.2) is 91.4 Å². The van der Waals surface area contributed by atoms with Crippen LogP contribution in [0.1, 0.15) is 34.6 Å². The lowest BCUT2D eigenvalue weighted by Crippen LogP contribution is -2.42. The monoisotopic (exact) mass is 472 g/mol. The van der Waals surface area contributed by atoms with Gasteiger partial charge >= 0.3 is 0 Å². The van der Waals surface area contributed by atoms with Crippen LogP contribution in [0.3, 0.4) is 0 Å². The highest BCUT2D eigenvalue weighted by Crippen LogP contribution is 2.31. The molecule has 1 aromatic heterocycles. The first-order chi connectivity index (χ1) is 17.0. The van der Waals surface area contributed by atoms with Crippen LogP contribution in [0.5, 0.6) is 0 Å². The van der Waals surface area contributed by atoms with Crippen molar-refractivity contribution < 1.29 is 18.4 Å². The first-order valence-corrected chi connectivity index (χ1v) is 11.0. The lowest BCUT2D eigenvalue weighted by Gasteiger charge is -2.31.